The Labute approximate surface area is 167 Å². The van der Waals surface area contributed by atoms with Crippen LogP contribution >= 0.6 is 11.3 Å². The number of thiazole rings is 1. The summed E-state index contributed by atoms with van der Waals surface area (Å²) in [4.78, 5) is 23.5. The summed E-state index contributed by atoms with van der Waals surface area (Å²) in [5.74, 6) is -0.256. The minimum atomic E-state index is -0.256. The molecule has 2 aromatic heterocycles. The van der Waals surface area contributed by atoms with Crippen molar-refractivity contribution in [2.24, 2.45) is 0 Å². The molecular weight excluding hydrogens is 368 g/mol. The van der Waals surface area contributed by atoms with Gasteiger partial charge in [-0.3, -0.25) is 10.1 Å². The van der Waals surface area contributed by atoms with Crippen LogP contribution in [0.15, 0.2) is 66.2 Å². The molecule has 1 N–H and O–H groups in total. The van der Waals surface area contributed by atoms with Crippen LogP contribution in [-0.2, 0) is 6.54 Å². The highest BCUT2D eigenvalue weighted by Crippen LogP contribution is 2.28. The molecule has 5 nitrogen and oxygen atoms in total. The Kier molecular flexibility index (Phi) is 5.14. The number of aromatic nitrogens is 2. The molecule has 4 aromatic rings. The summed E-state index contributed by atoms with van der Waals surface area (Å²) in [6.07, 6.45) is 1.66. The second-order valence-electron chi connectivity index (χ2n) is 6.80. The first-order valence-corrected chi connectivity index (χ1v) is 9.83. The van der Waals surface area contributed by atoms with E-state index in [9.17, 15) is 4.79 Å². The molecule has 0 aliphatic rings. The van der Waals surface area contributed by atoms with Gasteiger partial charge >= 0.3 is 0 Å². The summed E-state index contributed by atoms with van der Waals surface area (Å²) in [6.45, 7) is 0.869. The lowest BCUT2D eigenvalue weighted by Gasteiger charge is -2.12. The highest BCUT2D eigenvalue weighted by Gasteiger charge is 2.12. The van der Waals surface area contributed by atoms with Gasteiger partial charge in [-0.1, -0.05) is 42.5 Å². The first-order valence-electron chi connectivity index (χ1n) is 8.95. The molecule has 140 valence electrons. The molecule has 0 saturated carbocycles. The number of carbonyl (C=O) groups excluding carboxylic acids is 1. The van der Waals surface area contributed by atoms with Gasteiger partial charge in [0.15, 0.2) is 5.13 Å². The van der Waals surface area contributed by atoms with E-state index in [-0.39, 0.29) is 5.91 Å². The summed E-state index contributed by atoms with van der Waals surface area (Å²) < 4.78 is 0. The molecule has 2 heterocycles. The van der Waals surface area contributed by atoms with E-state index < -0.39 is 0 Å². The predicted octanol–water partition coefficient (Wildman–Crippen LogP) is 4.67. The SMILES string of the molecule is CN(C)Cc1cccc(-c2cccc3ccc(C(=O)Nc4nccs4)nc23)c1. The van der Waals surface area contributed by atoms with Gasteiger partial charge in [0.1, 0.15) is 5.69 Å². The van der Waals surface area contributed by atoms with Gasteiger partial charge in [-0.05, 0) is 37.4 Å². The largest absolute Gasteiger partial charge is 0.305 e. The van der Waals surface area contributed by atoms with Crippen molar-refractivity contribution in [3.05, 3.63) is 77.4 Å². The van der Waals surface area contributed by atoms with E-state index in [2.05, 4.69) is 58.5 Å². The van der Waals surface area contributed by atoms with Gasteiger partial charge < -0.3 is 4.90 Å². The Hall–Kier alpha value is -3.09. The topological polar surface area (TPSA) is 58.1 Å². The summed E-state index contributed by atoms with van der Waals surface area (Å²) >= 11 is 1.38. The van der Waals surface area contributed by atoms with E-state index in [4.69, 9.17) is 0 Å². The molecule has 0 aliphatic heterocycles. The number of carbonyl (C=O) groups is 1. The maximum atomic E-state index is 12.6. The number of rotatable bonds is 5. The third-order valence-electron chi connectivity index (χ3n) is 4.34. The van der Waals surface area contributed by atoms with Crippen molar-refractivity contribution in [1.29, 1.82) is 0 Å². The van der Waals surface area contributed by atoms with Crippen LogP contribution in [0.3, 0.4) is 0 Å². The van der Waals surface area contributed by atoms with Crippen molar-refractivity contribution in [1.82, 2.24) is 14.9 Å². The van der Waals surface area contributed by atoms with Crippen LogP contribution in [-0.4, -0.2) is 34.9 Å². The zero-order valence-corrected chi connectivity index (χ0v) is 16.5. The lowest BCUT2D eigenvalue weighted by atomic mass is 9.99. The van der Waals surface area contributed by atoms with Gasteiger partial charge in [0, 0.05) is 29.1 Å². The summed E-state index contributed by atoms with van der Waals surface area (Å²) in [5, 5.41) is 6.18. The van der Waals surface area contributed by atoms with E-state index in [0.717, 1.165) is 28.6 Å². The number of anilines is 1. The maximum Gasteiger partial charge on any atom is 0.276 e. The number of nitrogens with one attached hydrogen (secondary N) is 1. The number of benzene rings is 2. The van der Waals surface area contributed by atoms with Crippen LogP contribution < -0.4 is 5.32 Å². The first-order chi connectivity index (χ1) is 13.6. The number of pyridine rings is 1. The fraction of sp³-hybridized carbons (Fsp3) is 0.136. The van der Waals surface area contributed by atoms with E-state index in [1.165, 1.54) is 16.9 Å². The molecule has 0 saturated heterocycles. The zero-order valence-electron chi connectivity index (χ0n) is 15.7. The minimum absolute atomic E-state index is 0.256. The van der Waals surface area contributed by atoms with Gasteiger partial charge in [-0.15, -0.1) is 11.3 Å². The highest BCUT2D eigenvalue weighted by molar-refractivity contribution is 7.13. The molecule has 0 spiro atoms. The second-order valence-corrected chi connectivity index (χ2v) is 7.70. The first kappa shape index (κ1) is 18.3. The Morgan fingerprint density at radius 1 is 1.11 bits per heavy atom. The van der Waals surface area contributed by atoms with Crippen molar-refractivity contribution in [2.45, 2.75) is 6.54 Å². The molecule has 4 rings (SSSR count). The quantitative estimate of drug-likeness (QED) is 0.540. The number of fused-ring (bicyclic) bond motifs is 1. The molecule has 0 fully saturated rings. The third kappa shape index (κ3) is 3.93. The lowest BCUT2D eigenvalue weighted by Crippen LogP contribution is -2.13. The number of amides is 1. The van der Waals surface area contributed by atoms with Crippen LogP contribution in [0.4, 0.5) is 5.13 Å². The average molecular weight is 388 g/mol. The fourth-order valence-corrected chi connectivity index (χ4v) is 3.68. The zero-order chi connectivity index (χ0) is 19.5. The maximum absolute atomic E-state index is 12.6. The monoisotopic (exact) mass is 388 g/mol. The van der Waals surface area contributed by atoms with Gasteiger partial charge in [0.05, 0.1) is 5.52 Å². The van der Waals surface area contributed by atoms with Gasteiger partial charge in [-0.2, -0.15) is 0 Å². The molecule has 0 atom stereocenters. The molecule has 6 heteroatoms. The van der Waals surface area contributed by atoms with Crippen LogP contribution in [0.25, 0.3) is 22.0 Å². The highest BCUT2D eigenvalue weighted by atomic mass is 32.1. The molecule has 0 radical (unpaired) electrons. The molecule has 1 amide bonds. The fourth-order valence-electron chi connectivity index (χ4n) is 3.16. The Morgan fingerprint density at radius 2 is 1.96 bits per heavy atom. The number of para-hydroxylation sites is 1. The molecule has 28 heavy (non-hydrogen) atoms. The van der Waals surface area contributed by atoms with Crippen molar-refractivity contribution in [3.63, 3.8) is 0 Å². The van der Waals surface area contributed by atoms with Crippen LogP contribution in [0.5, 0.6) is 0 Å². The molecule has 0 aliphatic carbocycles. The minimum Gasteiger partial charge on any atom is -0.305 e. The molecule has 0 bridgehead atoms. The summed E-state index contributed by atoms with van der Waals surface area (Å²) in [5.41, 5.74) is 4.53. The summed E-state index contributed by atoms with van der Waals surface area (Å²) in [7, 11) is 4.11. The second kappa shape index (κ2) is 7.88. The predicted molar refractivity (Wildman–Crippen MR) is 115 cm³/mol. The Morgan fingerprint density at radius 3 is 2.75 bits per heavy atom. The average Bonchev–Trinajstić information content (AvgIpc) is 3.20. The van der Waals surface area contributed by atoms with E-state index in [0.29, 0.717) is 10.8 Å². The third-order valence-corrected chi connectivity index (χ3v) is 5.03. The number of hydrogen-bond donors (Lipinski definition) is 1. The Balaban J connectivity index is 1.74. The van der Waals surface area contributed by atoms with Crippen LogP contribution in [0.1, 0.15) is 16.1 Å². The van der Waals surface area contributed by atoms with Crippen LogP contribution in [0.2, 0.25) is 0 Å². The van der Waals surface area contributed by atoms with Gasteiger partial charge in [0.25, 0.3) is 5.91 Å². The number of hydrogen-bond acceptors (Lipinski definition) is 5. The van der Waals surface area contributed by atoms with Crippen molar-refractivity contribution in [3.8, 4) is 11.1 Å². The lowest BCUT2D eigenvalue weighted by molar-refractivity contribution is 0.102. The van der Waals surface area contributed by atoms with E-state index in [1.807, 2.05) is 29.6 Å². The molecular formula is C22H20N4OS. The molecule has 0 unspecified atom stereocenters. The van der Waals surface area contributed by atoms with Crippen LogP contribution in [0, 0.1) is 0 Å². The normalized spacial score (nSPS) is 11.1. The molecule has 2 aromatic carbocycles. The van der Waals surface area contributed by atoms with E-state index in [1.54, 1.807) is 12.3 Å². The van der Waals surface area contributed by atoms with E-state index >= 15 is 0 Å². The van der Waals surface area contributed by atoms with Gasteiger partial charge in [-0.25, -0.2) is 9.97 Å². The Bertz CT molecular complexity index is 1120. The standard InChI is InChI=1S/C22H20N4OS/c1-26(2)14-15-5-3-7-17(13-15)18-8-4-6-16-9-10-19(24-20(16)18)21(27)25-22-23-11-12-28-22/h3-13H,14H2,1-2H3,(H,23,25,27). The van der Waals surface area contributed by atoms with Gasteiger partial charge in [0.2, 0.25) is 0 Å². The summed E-state index contributed by atoms with van der Waals surface area (Å²) in [6, 6.07) is 18.2. The smallest absolute Gasteiger partial charge is 0.276 e. The number of nitrogens with zero attached hydrogens (tertiary/aromatic N) is 3. The van der Waals surface area contributed by atoms with Crippen molar-refractivity contribution >= 4 is 33.3 Å². The van der Waals surface area contributed by atoms with Crippen molar-refractivity contribution in [2.75, 3.05) is 19.4 Å². The van der Waals surface area contributed by atoms with Crippen molar-refractivity contribution < 1.29 is 4.79 Å².